The minimum atomic E-state index is -1.64. The highest BCUT2D eigenvalue weighted by Gasteiger charge is 2.27. The number of carbonyl (C=O) groups excluding carboxylic acids is 1. The van der Waals surface area contributed by atoms with Gasteiger partial charge in [-0.25, -0.2) is 9.59 Å². The molecule has 0 atom stereocenters. The number of amides is 1. The third kappa shape index (κ3) is 3.59. The summed E-state index contributed by atoms with van der Waals surface area (Å²) in [5.74, 6) is -4.38. The number of nitrogens with one attached hydrogen (secondary N) is 1. The molecule has 0 aliphatic heterocycles. The van der Waals surface area contributed by atoms with Crippen molar-refractivity contribution in [1.82, 2.24) is 4.98 Å². The van der Waals surface area contributed by atoms with E-state index in [1.807, 2.05) is 4.98 Å². The minimum absolute atomic E-state index is 0.00836. The number of nitrogen functional groups attached to an aromatic ring is 1. The monoisotopic (exact) mass is 381 g/mol. The number of benzene rings is 1. The third-order valence-electron chi connectivity index (χ3n) is 3.26. The molecule has 2 rings (SSSR count). The zero-order valence-electron chi connectivity index (χ0n) is 12.9. The van der Waals surface area contributed by atoms with Crippen molar-refractivity contribution in [3.63, 3.8) is 0 Å². The Bertz CT molecular complexity index is 984. The molecule has 0 aliphatic carbocycles. The number of carboxylic acids is 2. The first-order valence-electron chi connectivity index (χ1n) is 6.86. The number of anilines is 1. The summed E-state index contributed by atoms with van der Waals surface area (Å²) in [6.07, 6.45) is 0. The molecule has 1 amide bonds. The number of aromatic amines is 1. The predicted octanol–water partition coefficient (Wildman–Crippen LogP) is 0.538. The van der Waals surface area contributed by atoms with E-state index in [1.54, 1.807) is 0 Å². The first-order valence-corrected chi connectivity index (χ1v) is 7.24. The molecule has 0 radical (unpaired) electrons. The summed E-state index contributed by atoms with van der Waals surface area (Å²) in [6, 6.07) is 3.73. The second-order valence-corrected chi connectivity index (χ2v) is 5.41. The van der Waals surface area contributed by atoms with E-state index in [4.69, 9.17) is 27.8 Å². The van der Waals surface area contributed by atoms with Gasteiger partial charge in [0.15, 0.2) is 6.61 Å². The average Bonchev–Trinajstić information content (AvgIpc) is 2.51. The van der Waals surface area contributed by atoms with Gasteiger partial charge in [-0.1, -0.05) is 17.7 Å². The quantitative estimate of drug-likeness (QED) is 0.479. The number of ether oxygens (including phenoxy) is 1. The number of H-pyrrole nitrogens is 1. The molecule has 7 N–H and O–H groups in total. The lowest BCUT2D eigenvalue weighted by molar-refractivity contribution is -0.119. The topological polar surface area (TPSA) is 186 Å². The van der Waals surface area contributed by atoms with E-state index < -0.39 is 52.5 Å². The first kappa shape index (κ1) is 18.8. The Labute approximate surface area is 149 Å². The molecule has 2 aromatic rings. The van der Waals surface area contributed by atoms with Gasteiger partial charge in [-0.2, -0.15) is 0 Å². The van der Waals surface area contributed by atoms with Crippen LogP contribution in [-0.4, -0.2) is 39.6 Å². The van der Waals surface area contributed by atoms with Crippen LogP contribution in [-0.2, 0) is 4.79 Å². The summed E-state index contributed by atoms with van der Waals surface area (Å²) in [5.41, 5.74) is 7.63. The molecular formula is C15H12ClN3O7. The Morgan fingerprint density at radius 3 is 2.27 bits per heavy atom. The number of aromatic carboxylic acids is 2. The van der Waals surface area contributed by atoms with Gasteiger partial charge in [0.2, 0.25) is 0 Å². The molecule has 10 nitrogen and oxygen atoms in total. The number of primary amides is 1. The highest BCUT2D eigenvalue weighted by atomic mass is 35.5. The van der Waals surface area contributed by atoms with Gasteiger partial charge in [-0.05, 0) is 17.7 Å². The van der Waals surface area contributed by atoms with Crippen LogP contribution in [0.2, 0.25) is 5.02 Å². The molecule has 0 bridgehead atoms. The van der Waals surface area contributed by atoms with Gasteiger partial charge in [0.1, 0.15) is 22.7 Å². The maximum atomic E-state index is 12.0. The molecule has 1 aromatic heterocycles. The molecule has 0 spiro atoms. The van der Waals surface area contributed by atoms with Gasteiger partial charge in [0.25, 0.3) is 11.5 Å². The molecule has 0 fully saturated rings. The van der Waals surface area contributed by atoms with Crippen LogP contribution >= 0.6 is 11.6 Å². The minimum Gasteiger partial charge on any atom is -0.482 e. The molecule has 0 aliphatic rings. The summed E-state index contributed by atoms with van der Waals surface area (Å²) in [6.45, 7) is -0.447. The van der Waals surface area contributed by atoms with Gasteiger partial charge < -0.3 is 31.4 Å². The van der Waals surface area contributed by atoms with Gasteiger partial charge in [-0.3, -0.25) is 9.59 Å². The van der Waals surface area contributed by atoms with Crippen LogP contribution in [0.1, 0.15) is 20.7 Å². The second kappa shape index (κ2) is 7.15. The number of aromatic nitrogens is 1. The van der Waals surface area contributed by atoms with Gasteiger partial charge >= 0.3 is 11.9 Å². The molecule has 1 aromatic carbocycles. The van der Waals surface area contributed by atoms with E-state index in [1.165, 1.54) is 18.2 Å². The van der Waals surface area contributed by atoms with Crippen LogP contribution in [0.15, 0.2) is 23.0 Å². The lowest BCUT2D eigenvalue weighted by Gasteiger charge is -2.13. The highest BCUT2D eigenvalue weighted by Crippen LogP contribution is 2.34. The van der Waals surface area contributed by atoms with Crippen LogP contribution < -0.4 is 21.8 Å². The Hall–Kier alpha value is -3.53. The number of rotatable bonds is 6. The molecule has 0 saturated heterocycles. The molecule has 26 heavy (non-hydrogen) atoms. The van der Waals surface area contributed by atoms with Crippen molar-refractivity contribution in [3.8, 4) is 16.9 Å². The van der Waals surface area contributed by atoms with E-state index in [9.17, 15) is 29.4 Å². The average molecular weight is 382 g/mol. The van der Waals surface area contributed by atoms with Crippen LogP contribution in [0.25, 0.3) is 11.1 Å². The lowest BCUT2D eigenvalue weighted by atomic mass is 9.95. The molecular weight excluding hydrogens is 370 g/mol. The fourth-order valence-electron chi connectivity index (χ4n) is 2.26. The summed E-state index contributed by atoms with van der Waals surface area (Å²) < 4.78 is 5.06. The fourth-order valence-corrected chi connectivity index (χ4v) is 2.49. The van der Waals surface area contributed by atoms with Crippen molar-refractivity contribution in [2.45, 2.75) is 0 Å². The lowest BCUT2D eigenvalue weighted by Crippen LogP contribution is -2.24. The highest BCUT2D eigenvalue weighted by molar-refractivity contribution is 6.32. The second-order valence-electron chi connectivity index (χ2n) is 5.00. The molecule has 1 heterocycles. The summed E-state index contributed by atoms with van der Waals surface area (Å²) in [4.78, 5) is 47.7. The van der Waals surface area contributed by atoms with E-state index in [0.717, 1.165) is 0 Å². The van der Waals surface area contributed by atoms with E-state index >= 15 is 0 Å². The van der Waals surface area contributed by atoms with E-state index in [2.05, 4.69) is 0 Å². The normalized spacial score (nSPS) is 10.3. The van der Waals surface area contributed by atoms with Crippen LogP contribution in [0, 0.1) is 0 Å². The number of carbonyl (C=O) groups is 3. The number of carboxylic acid groups (broad SMARTS) is 2. The Morgan fingerprint density at radius 1 is 1.15 bits per heavy atom. The SMILES string of the molecule is NC(=O)COc1ccc(-c2c(C(=O)O)c(N)[nH]c(=O)c2C(=O)O)cc1Cl. The maximum absolute atomic E-state index is 12.0. The summed E-state index contributed by atoms with van der Waals surface area (Å²) in [5, 5.41) is 18.6. The van der Waals surface area contributed by atoms with Crippen molar-refractivity contribution in [2.24, 2.45) is 5.73 Å². The largest absolute Gasteiger partial charge is 0.482 e. The standard InChI is InChI=1S/C15H12ClN3O7/c16-6-3-5(1-2-7(6)26-4-8(17)20)9-10(14(22)23)12(18)19-13(21)11(9)15(24)25/h1-3H,4H2,(H2,17,20)(H,22,23)(H,24,25)(H3,18,19,21). The van der Waals surface area contributed by atoms with Gasteiger partial charge in [0, 0.05) is 5.56 Å². The van der Waals surface area contributed by atoms with Crippen molar-refractivity contribution < 1.29 is 29.3 Å². The van der Waals surface area contributed by atoms with Crippen LogP contribution in [0.3, 0.4) is 0 Å². The number of halogens is 1. The third-order valence-corrected chi connectivity index (χ3v) is 3.56. The number of hydrogen-bond acceptors (Lipinski definition) is 6. The Kier molecular flexibility index (Phi) is 5.17. The zero-order chi connectivity index (χ0) is 19.6. The number of nitrogens with two attached hydrogens (primary N) is 2. The van der Waals surface area contributed by atoms with E-state index in [0.29, 0.717) is 0 Å². The molecule has 136 valence electrons. The molecule has 0 saturated carbocycles. The van der Waals surface area contributed by atoms with Crippen LogP contribution in [0.4, 0.5) is 5.82 Å². The van der Waals surface area contributed by atoms with Gasteiger partial charge in [-0.15, -0.1) is 0 Å². The maximum Gasteiger partial charge on any atom is 0.342 e. The number of pyridine rings is 1. The predicted molar refractivity (Wildman–Crippen MR) is 90.5 cm³/mol. The van der Waals surface area contributed by atoms with Crippen molar-refractivity contribution in [2.75, 3.05) is 12.3 Å². The smallest absolute Gasteiger partial charge is 0.342 e. The molecule has 11 heteroatoms. The van der Waals surface area contributed by atoms with Crippen molar-refractivity contribution >= 4 is 35.3 Å². The van der Waals surface area contributed by atoms with Crippen molar-refractivity contribution in [1.29, 1.82) is 0 Å². The Morgan fingerprint density at radius 2 is 1.77 bits per heavy atom. The van der Waals surface area contributed by atoms with Crippen LogP contribution in [0.5, 0.6) is 5.75 Å². The van der Waals surface area contributed by atoms with Crippen molar-refractivity contribution in [3.05, 3.63) is 44.7 Å². The van der Waals surface area contributed by atoms with E-state index in [-0.39, 0.29) is 16.3 Å². The molecule has 0 unspecified atom stereocenters. The van der Waals surface area contributed by atoms with Gasteiger partial charge in [0.05, 0.1) is 5.02 Å². The summed E-state index contributed by atoms with van der Waals surface area (Å²) >= 11 is 6.02. The number of hydrogen-bond donors (Lipinski definition) is 5. The zero-order valence-corrected chi connectivity index (χ0v) is 13.7. The summed E-state index contributed by atoms with van der Waals surface area (Å²) in [7, 11) is 0. The fraction of sp³-hybridized carbons (Fsp3) is 0.0667. The first-order chi connectivity index (χ1) is 12.1. The Balaban J connectivity index is 2.73.